The standard InChI is InChI=1S/C12H15N3O3S/c1-9-8-15(7-6-13-9)19(16,17)12-14-10-4-2-3-5-11(10)18-12/h2-5,9,13H,6-8H2,1H3/t9-/m1/s1. The van der Waals surface area contributed by atoms with E-state index in [4.69, 9.17) is 4.42 Å². The summed E-state index contributed by atoms with van der Waals surface area (Å²) < 4.78 is 31.7. The number of oxazole rings is 1. The molecule has 1 aromatic heterocycles. The number of nitrogens with zero attached hydrogens (tertiary/aromatic N) is 2. The van der Waals surface area contributed by atoms with Crippen LogP contribution in [-0.4, -0.2) is 43.4 Å². The fourth-order valence-electron chi connectivity index (χ4n) is 2.19. The second kappa shape index (κ2) is 4.59. The molecule has 2 heterocycles. The van der Waals surface area contributed by atoms with Crippen LogP contribution in [0.1, 0.15) is 6.92 Å². The summed E-state index contributed by atoms with van der Waals surface area (Å²) in [6, 6.07) is 7.16. The molecule has 1 aliphatic rings. The predicted molar refractivity (Wildman–Crippen MR) is 70.2 cm³/mol. The summed E-state index contributed by atoms with van der Waals surface area (Å²) in [5.41, 5.74) is 1.05. The third-order valence-electron chi connectivity index (χ3n) is 3.17. The maximum absolute atomic E-state index is 12.4. The zero-order chi connectivity index (χ0) is 13.5. The monoisotopic (exact) mass is 281 g/mol. The Labute approximate surface area is 111 Å². The maximum Gasteiger partial charge on any atom is 0.332 e. The molecule has 19 heavy (non-hydrogen) atoms. The molecule has 0 saturated carbocycles. The van der Waals surface area contributed by atoms with Gasteiger partial charge in [0.05, 0.1) is 0 Å². The van der Waals surface area contributed by atoms with E-state index < -0.39 is 10.0 Å². The Morgan fingerprint density at radius 1 is 1.42 bits per heavy atom. The fraction of sp³-hybridized carbons (Fsp3) is 0.417. The van der Waals surface area contributed by atoms with E-state index in [0.29, 0.717) is 30.7 Å². The SMILES string of the molecule is C[C@@H]1CN(S(=O)(=O)c2nc3ccccc3o2)CCN1. The molecule has 6 nitrogen and oxygen atoms in total. The van der Waals surface area contributed by atoms with Crippen molar-refractivity contribution in [3.05, 3.63) is 24.3 Å². The summed E-state index contributed by atoms with van der Waals surface area (Å²) in [4.78, 5) is 4.07. The van der Waals surface area contributed by atoms with Crippen molar-refractivity contribution < 1.29 is 12.8 Å². The van der Waals surface area contributed by atoms with Crippen molar-refractivity contribution in [2.75, 3.05) is 19.6 Å². The fourth-order valence-corrected chi connectivity index (χ4v) is 3.57. The molecule has 0 amide bonds. The highest BCUT2D eigenvalue weighted by atomic mass is 32.2. The first-order chi connectivity index (χ1) is 9.07. The summed E-state index contributed by atoms with van der Waals surface area (Å²) >= 11 is 0. The van der Waals surface area contributed by atoms with Crippen LogP contribution in [0.15, 0.2) is 33.9 Å². The smallest absolute Gasteiger partial charge is 0.332 e. The molecule has 1 fully saturated rings. The number of hydrogen-bond donors (Lipinski definition) is 1. The van der Waals surface area contributed by atoms with Crippen LogP contribution < -0.4 is 5.32 Å². The number of aromatic nitrogens is 1. The molecule has 1 saturated heterocycles. The Morgan fingerprint density at radius 3 is 2.95 bits per heavy atom. The Morgan fingerprint density at radius 2 is 2.21 bits per heavy atom. The number of sulfonamides is 1. The van der Waals surface area contributed by atoms with Gasteiger partial charge in [-0.3, -0.25) is 0 Å². The first-order valence-corrected chi connectivity index (χ1v) is 7.60. The van der Waals surface area contributed by atoms with E-state index in [-0.39, 0.29) is 11.3 Å². The summed E-state index contributed by atoms with van der Waals surface area (Å²) in [6.07, 6.45) is 0. The number of fused-ring (bicyclic) bond motifs is 1. The largest absolute Gasteiger partial charge is 0.427 e. The lowest BCUT2D eigenvalue weighted by Crippen LogP contribution is -2.51. The van der Waals surface area contributed by atoms with Crippen LogP contribution in [0, 0.1) is 0 Å². The van der Waals surface area contributed by atoms with E-state index in [0.717, 1.165) is 0 Å². The number of para-hydroxylation sites is 2. The zero-order valence-electron chi connectivity index (χ0n) is 10.5. The van der Waals surface area contributed by atoms with E-state index in [2.05, 4.69) is 10.3 Å². The second-order valence-electron chi connectivity index (χ2n) is 4.67. The van der Waals surface area contributed by atoms with E-state index in [9.17, 15) is 8.42 Å². The second-order valence-corrected chi connectivity index (χ2v) is 6.48. The lowest BCUT2D eigenvalue weighted by atomic mass is 10.3. The molecule has 3 rings (SSSR count). The van der Waals surface area contributed by atoms with Crippen LogP contribution in [0.3, 0.4) is 0 Å². The van der Waals surface area contributed by atoms with Crippen molar-refractivity contribution in [2.45, 2.75) is 18.2 Å². The molecule has 1 aliphatic heterocycles. The molecular formula is C12H15N3O3S. The van der Waals surface area contributed by atoms with Gasteiger partial charge >= 0.3 is 5.22 Å². The van der Waals surface area contributed by atoms with Gasteiger partial charge < -0.3 is 9.73 Å². The van der Waals surface area contributed by atoms with Crippen molar-refractivity contribution in [1.82, 2.24) is 14.6 Å². The Kier molecular flexibility index (Phi) is 3.04. The predicted octanol–water partition coefficient (Wildman–Crippen LogP) is 0.810. The van der Waals surface area contributed by atoms with Crippen LogP contribution in [0.25, 0.3) is 11.1 Å². The van der Waals surface area contributed by atoms with Gasteiger partial charge in [0, 0.05) is 25.7 Å². The average Bonchev–Trinajstić information content (AvgIpc) is 2.83. The molecule has 0 spiro atoms. The molecule has 1 aromatic carbocycles. The highest BCUT2D eigenvalue weighted by Gasteiger charge is 2.32. The molecule has 0 aliphatic carbocycles. The quantitative estimate of drug-likeness (QED) is 0.881. The minimum atomic E-state index is -3.64. The third kappa shape index (κ3) is 2.24. The highest BCUT2D eigenvalue weighted by Crippen LogP contribution is 2.21. The van der Waals surface area contributed by atoms with Crippen LogP contribution in [0.4, 0.5) is 0 Å². The third-order valence-corrected chi connectivity index (χ3v) is 4.79. The maximum atomic E-state index is 12.4. The van der Waals surface area contributed by atoms with Crippen molar-refractivity contribution >= 4 is 21.1 Å². The normalized spacial score (nSPS) is 21.8. The minimum absolute atomic E-state index is 0.132. The van der Waals surface area contributed by atoms with Crippen molar-refractivity contribution in [3.63, 3.8) is 0 Å². The number of benzene rings is 1. The van der Waals surface area contributed by atoms with Gasteiger partial charge in [-0.15, -0.1) is 0 Å². The molecule has 0 bridgehead atoms. The Balaban J connectivity index is 1.99. The number of piperazine rings is 1. The van der Waals surface area contributed by atoms with Crippen LogP contribution >= 0.6 is 0 Å². The lowest BCUT2D eigenvalue weighted by Gasteiger charge is -2.29. The lowest BCUT2D eigenvalue weighted by molar-refractivity contribution is 0.300. The van der Waals surface area contributed by atoms with E-state index in [1.54, 1.807) is 24.3 Å². The molecule has 1 atom stereocenters. The van der Waals surface area contributed by atoms with Crippen molar-refractivity contribution in [3.8, 4) is 0 Å². The average molecular weight is 281 g/mol. The van der Waals surface area contributed by atoms with Gasteiger partial charge in [0.15, 0.2) is 5.58 Å². The first-order valence-electron chi connectivity index (χ1n) is 6.16. The topological polar surface area (TPSA) is 75.4 Å². The van der Waals surface area contributed by atoms with E-state index >= 15 is 0 Å². The zero-order valence-corrected chi connectivity index (χ0v) is 11.4. The molecule has 0 unspecified atom stereocenters. The van der Waals surface area contributed by atoms with Gasteiger partial charge in [-0.05, 0) is 19.1 Å². The van der Waals surface area contributed by atoms with Crippen LogP contribution in [0.2, 0.25) is 0 Å². The Hall–Kier alpha value is -1.44. The molecule has 0 radical (unpaired) electrons. The van der Waals surface area contributed by atoms with E-state index in [1.807, 2.05) is 6.92 Å². The summed E-state index contributed by atoms with van der Waals surface area (Å²) in [6.45, 7) is 3.46. The van der Waals surface area contributed by atoms with Crippen LogP contribution in [0.5, 0.6) is 0 Å². The Bertz CT molecular complexity index is 662. The summed E-state index contributed by atoms with van der Waals surface area (Å²) in [5, 5.41) is 2.99. The number of nitrogens with one attached hydrogen (secondary N) is 1. The number of rotatable bonds is 2. The van der Waals surface area contributed by atoms with Gasteiger partial charge in [-0.1, -0.05) is 12.1 Å². The van der Waals surface area contributed by atoms with E-state index in [1.165, 1.54) is 4.31 Å². The molecular weight excluding hydrogens is 266 g/mol. The van der Waals surface area contributed by atoms with Gasteiger partial charge in [0.25, 0.3) is 10.0 Å². The molecule has 1 N–H and O–H groups in total. The molecule has 102 valence electrons. The summed E-state index contributed by atoms with van der Waals surface area (Å²) in [5.74, 6) is 0. The first kappa shape index (κ1) is 12.6. The van der Waals surface area contributed by atoms with Gasteiger partial charge in [0.1, 0.15) is 5.52 Å². The van der Waals surface area contributed by atoms with Crippen LogP contribution in [-0.2, 0) is 10.0 Å². The molecule has 7 heteroatoms. The minimum Gasteiger partial charge on any atom is -0.427 e. The van der Waals surface area contributed by atoms with Gasteiger partial charge in [0.2, 0.25) is 0 Å². The number of hydrogen-bond acceptors (Lipinski definition) is 5. The van der Waals surface area contributed by atoms with Crippen molar-refractivity contribution in [1.29, 1.82) is 0 Å². The molecule has 2 aromatic rings. The van der Waals surface area contributed by atoms with Gasteiger partial charge in [-0.25, -0.2) is 8.42 Å². The van der Waals surface area contributed by atoms with Crippen molar-refractivity contribution in [2.24, 2.45) is 0 Å². The van der Waals surface area contributed by atoms with Gasteiger partial charge in [-0.2, -0.15) is 9.29 Å². The highest BCUT2D eigenvalue weighted by molar-refractivity contribution is 7.88. The summed E-state index contributed by atoms with van der Waals surface area (Å²) in [7, 11) is -3.64.